The molecule has 0 saturated heterocycles. The van der Waals surface area contributed by atoms with Gasteiger partial charge in [0.05, 0.1) is 0 Å². The summed E-state index contributed by atoms with van der Waals surface area (Å²) < 4.78 is 19.4. The van der Waals surface area contributed by atoms with Crippen LogP contribution in [0.5, 0.6) is 5.75 Å². The second-order valence-electron chi connectivity index (χ2n) is 3.26. The third kappa shape index (κ3) is 6.77. The van der Waals surface area contributed by atoms with Gasteiger partial charge in [0.15, 0.2) is 0 Å². The molecule has 0 spiro atoms. The van der Waals surface area contributed by atoms with Gasteiger partial charge in [-0.15, -0.1) is 0 Å². The largest absolute Gasteiger partial charge is 0.624 e. The zero-order valence-electron chi connectivity index (χ0n) is 12.1. The monoisotopic (exact) mass is 356 g/mol. The van der Waals surface area contributed by atoms with Crippen molar-refractivity contribution in [2.24, 2.45) is 0 Å². The fourth-order valence-corrected chi connectivity index (χ4v) is 1.19. The van der Waals surface area contributed by atoms with Crippen LogP contribution in [0.3, 0.4) is 0 Å². The smallest absolute Gasteiger partial charge is 0.344 e. The van der Waals surface area contributed by atoms with E-state index >= 15 is 0 Å². The molecule has 0 aliphatic rings. The Morgan fingerprint density at radius 2 is 1.95 bits per heavy atom. The number of esters is 2. The van der Waals surface area contributed by atoms with E-state index in [0.29, 0.717) is 0 Å². The quantitative estimate of drug-likeness (QED) is 0.346. The van der Waals surface area contributed by atoms with Gasteiger partial charge in [-0.25, -0.2) is 6.17 Å². The molecule has 6 nitrogen and oxygen atoms in total. The summed E-state index contributed by atoms with van der Waals surface area (Å²) in [6.45, 7) is 3.73. The van der Waals surface area contributed by atoms with Crippen LogP contribution in [-0.4, -0.2) is 24.7 Å². The van der Waals surface area contributed by atoms with E-state index in [-0.39, 0.29) is 44.0 Å². The zero-order valence-corrected chi connectivity index (χ0v) is 14.0. The Bertz CT molecular complexity index is 466. The molecular formula is C13H14O6Y-2. The average molecular weight is 356 g/mol. The van der Waals surface area contributed by atoms with Crippen LogP contribution in [0.2, 0.25) is 0 Å². The summed E-state index contributed by atoms with van der Waals surface area (Å²) in [4.78, 5) is 32.5. The van der Waals surface area contributed by atoms with Crippen molar-refractivity contribution in [3.8, 4) is 5.75 Å². The van der Waals surface area contributed by atoms with Crippen LogP contribution in [0.25, 0.3) is 0 Å². The number of benzene rings is 1. The van der Waals surface area contributed by atoms with Gasteiger partial charge in [-0.1, -0.05) is 18.6 Å². The first-order valence-electron chi connectivity index (χ1n) is 5.76. The minimum absolute atomic E-state index is 0. The molecule has 0 bridgehead atoms. The summed E-state index contributed by atoms with van der Waals surface area (Å²) in [6.07, 6.45) is -1.07. The first-order valence-corrected chi connectivity index (χ1v) is 5.05. The van der Waals surface area contributed by atoms with E-state index in [0.717, 1.165) is 6.47 Å². The standard InChI is InChI=1S/C12H11O6.CH3.Y/c1-8(14)17-11-6-4-3-5-10(11)12(15)18-9(2)16-7-13;;/h3-6,9H,1-2H3;1H3;/q2*-1;/i;1D;. The van der Waals surface area contributed by atoms with E-state index in [1.807, 2.05) is 0 Å². The van der Waals surface area contributed by atoms with Crippen LogP contribution in [0, 0.1) is 7.40 Å². The molecule has 7 heteroatoms. The first-order chi connectivity index (χ1) is 9.54. The summed E-state index contributed by atoms with van der Waals surface area (Å²) >= 11 is 0. The summed E-state index contributed by atoms with van der Waals surface area (Å²) in [6, 6.07) is 6.07. The van der Waals surface area contributed by atoms with Crippen LogP contribution >= 0.6 is 0 Å². The first kappa shape index (κ1) is 18.7. The maximum absolute atomic E-state index is 11.7. The number of ether oxygens (including phenoxy) is 3. The van der Waals surface area contributed by atoms with E-state index in [4.69, 9.17) is 10.8 Å². The van der Waals surface area contributed by atoms with Gasteiger partial charge in [-0.05, 0) is 12.1 Å². The van der Waals surface area contributed by atoms with Crippen LogP contribution in [-0.2, 0) is 51.8 Å². The SMILES string of the molecule is CC(=O)Oc1ccccc1C(=O)OC(C)O[C-]=O.[2H][CH2-].[Y]. The van der Waals surface area contributed by atoms with Crippen LogP contribution < -0.4 is 4.74 Å². The van der Waals surface area contributed by atoms with Gasteiger partial charge in [-0.3, -0.25) is 4.79 Å². The number of rotatable bonds is 5. The maximum Gasteiger partial charge on any atom is 0.344 e. The van der Waals surface area contributed by atoms with Crippen molar-refractivity contribution in [2.75, 3.05) is 0 Å². The van der Waals surface area contributed by atoms with Gasteiger partial charge in [0.25, 0.3) is 0 Å². The van der Waals surface area contributed by atoms with Gasteiger partial charge in [0.2, 0.25) is 6.29 Å². The minimum Gasteiger partial charge on any atom is -0.624 e. The molecule has 0 aliphatic heterocycles. The second kappa shape index (κ2) is 10.5. The van der Waals surface area contributed by atoms with Crippen LogP contribution in [0.1, 0.15) is 25.6 Å². The fourth-order valence-electron chi connectivity index (χ4n) is 1.19. The molecular weight excluding hydrogens is 341 g/mol. The maximum atomic E-state index is 11.7. The zero-order chi connectivity index (χ0) is 15.5. The summed E-state index contributed by atoms with van der Waals surface area (Å²) in [5.74, 6) is -1.24. The molecule has 1 radical (unpaired) electrons. The van der Waals surface area contributed by atoms with E-state index in [9.17, 15) is 14.4 Å². The van der Waals surface area contributed by atoms with Gasteiger partial charge in [0, 0.05) is 46.6 Å². The number of carbonyl (C=O) groups excluding carboxylic acids is 3. The van der Waals surface area contributed by atoms with Crippen LogP contribution in [0.15, 0.2) is 24.3 Å². The minimum atomic E-state index is -1.07. The molecule has 1 aromatic rings. The van der Waals surface area contributed by atoms with Crippen molar-refractivity contribution in [3.05, 3.63) is 37.2 Å². The predicted octanol–water partition coefficient (Wildman–Crippen LogP) is 1.65. The molecule has 0 amide bonds. The second-order valence-corrected chi connectivity index (χ2v) is 3.26. The Labute approximate surface area is 144 Å². The Balaban J connectivity index is 0. The Morgan fingerprint density at radius 1 is 1.35 bits per heavy atom. The summed E-state index contributed by atoms with van der Waals surface area (Å²) in [7, 11) is 2.50. The van der Waals surface area contributed by atoms with Gasteiger partial charge in [-0.2, -0.15) is 0 Å². The van der Waals surface area contributed by atoms with Crippen molar-refractivity contribution in [1.82, 2.24) is 0 Å². The molecule has 1 atom stereocenters. The average Bonchev–Trinajstić information content (AvgIpc) is 2.41. The van der Waals surface area contributed by atoms with E-state index in [1.54, 1.807) is 12.1 Å². The summed E-state index contributed by atoms with van der Waals surface area (Å²) in [5.41, 5.74) is 0.0639. The molecule has 1 aromatic carbocycles. The Hall–Kier alpha value is -1.27. The molecule has 0 N–H and O–H groups in total. The third-order valence-electron chi connectivity index (χ3n) is 1.85. The molecule has 0 saturated carbocycles. The molecule has 0 aromatic heterocycles. The van der Waals surface area contributed by atoms with Crippen molar-refractivity contribution < 1.29 is 62.7 Å². The topological polar surface area (TPSA) is 78.9 Å². The predicted molar refractivity (Wildman–Crippen MR) is 65.8 cm³/mol. The van der Waals surface area contributed by atoms with E-state index in [1.165, 1.54) is 26.0 Å². The number of hydrogen-bond acceptors (Lipinski definition) is 6. The molecule has 1 unspecified atom stereocenters. The van der Waals surface area contributed by atoms with E-state index < -0.39 is 18.2 Å². The molecule has 0 heterocycles. The summed E-state index contributed by atoms with van der Waals surface area (Å²) in [5, 5.41) is 0. The third-order valence-corrected chi connectivity index (χ3v) is 1.85. The molecule has 0 aliphatic carbocycles. The van der Waals surface area contributed by atoms with Gasteiger partial charge < -0.3 is 26.4 Å². The van der Waals surface area contributed by atoms with E-state index in [2.05, 4.69) is 12.1 Å². The number of carbonyl (C=O) groups is 2. The fraction of sp³-hybridized carbons (Fsp3) is 0.231. The molecule has 107 valence electrons. The Morgan fingerprint density at radius 3 is 2.50 bits per heavy atom. The van der Waals surface area contributed by atoms with Crippen LogP contribution in [0.4, 0.5) is 0 Å². The van der Waals surface area contributed by atoms with Crippen molar-refractivity contribution >= 4 is 18.4 Å². The Kier molecular flexibility index (Phi) is 9.85. The molecule has 20 heavy (non-hydrogen) atoms. The number of para-hydroxylation sites is 1. The normalized spacial score (nSPS) is 10.4. The van der Waals surface area contributed by atoms with Crippen molar-refractivity contribution in [1.29, 1.82) is 0 Å². The van der Waals surface area contributed by atoms with Crippen molar-refractivity contribution in [2.45, 2.75) is 20.1 Å². The molecule has 0 fully saturated rings. The number of hydrogen-bond donors (Lipinski definition) is 0. The van der Waals surface area contributed by atoms with Gasteiger partial charge in [0.1, 0.15) is 11.3 Å². The van der Waals surface area contributed by atoms with Gasteiger partial charge >= 0.3 is 11.9 Å². The molecule has 1 rings (SSSR count). The van der Waals surface area contributed by atoms with Crippen molar-refractivity contribution in [3.63, 3.8) is 0 Å².